The van der Waals surface area contributed by atoms with Gasteiger partial charge in [-0.15, -0.1) is 5.10 Å². The number of halogens is 1. The summed E-state index contributed by atoms with van der Waals surface area (Å²) in [5.74, 6) is 0.0461. The number of ketones is 1. The van der Waals surface area contributed by atoms with E-state index in [2.05, 4.69) is 31.3 Å². The number of aryl methyl sites for hydroxylation is 2. The molecule has 0 amide bonds. The van der Waals surface area contributed by atoms with Crippen LogP contribution < -0.4 is 5.73 Å². The maximum atomic E-state index is 12.1. The van der Waals surface area contributed by atoms with Gasteiger partial charge in [0.2, 0.25) is 0 Å². The van der Waals surface area contributed by atoms with Crippen molar-refractivity contribution in [3.63, 3.8) is 0 Å². The highest BCUT2D eigenvalue weighted by atomic mass is 79.9. The van der Waals surface area contributed by atoms with Gasteiger partial charge in [-0.25, -0.2) is 4.68 Å². The number of nitrogens with zero attached hydrogens (tertiary/aromatic N) is 5. The molecule has 0 bridgehead atoms. The summed E-state index contributed by atoms with van der Waals surface area (Å²) in [7, 11) is 1.84. The summed E-state index contributed by atoms with van der Waals surface area (Å²) < 4.78 is 4.17. The number of carbonyl (C=O) groups is 1. The van der Waals surface area contributed by atoms with Crippen molar-refractivity contribution in [1.82, 2.24) is 24.8 Å². The second-order valence-electron chi connectivity index (χ2n) is 4.51. The number of hydrogen-bond acceptors (Lipinski definition) is 5. The molecule has 108 valence electrons. The Bertz CT molecular complexity index is 617. The summed E-state index contributed by atoms with van der Waals surface area (Å²) in [5.41, 5.74) is 7.97. The monoisotopic (exact) mass is 340 g/mol. The Kier molecular flexibility index (Phi) is 4.66. The maximum absolute atomic E-state index is 12.1. The Balaban J connectivity index is 2.06. The fourth-order valence-corrected chi connectivity index (χ4v) is 2.70. The first kappa shape index (κ1) is 14.9. The van der Waals surface area contributed by atoms with Crippen LogP contribution in [0.1, 0.15) is 24.0 Å². The highest BCUT2D eigenvalue weighted by Crippen LogP contribution is 2.22. The molecule has 2 rings (SSSR count). The van der Waals surface area contributed by atoms with E-state index < -0.39 is 0 Å². The minimum atomic E-state index is 0.0461. The molecule has 2 aromatic rings. The third kappa shape index (κ3) is 3.13. The Morgan fingerprint density at radius 3 is 2.80 bits per heavy atom. The molecule has 2 heterocycles. The molecule has 0 fully saturated rings. The van der Waals surface area contributed by atoms with Crippen molar-refractivity contribution < 1.29 is 4.79 Å². The Morgan fingerprint density at radius 1 is 1.50 bits per heavy atom. The normalized spacial score (nSPS) is 11.0. The molecule has 0 aliphatic carbocycles. The first-order valence-electron chi connectivity index (χ1n) is 6.36. The van der Waals surface area contributed by atoms with Crippen LogP contribution in [0.15, 0.2) is 10.7 Å². The van der Waals surface area contributed by atoms with Crippen molar-refractivity contribution in [2.24, 2.45) is 12.8 Å². The highest BCUT2D eigenvalue weighted by molar-refractivity contribution is 9.10. The summed E-state index contributed by atoms with van der Waals surface area (Å²) in [4.78, 5) is 12.1. The van der Waals surface area contributed by atoms with Gasteiger partial charge >= 0.3 is 0 Å². The molecule has 0 aliphatic rings. The number of carbonyl (C=O) groups excluding carboxylic acids is 1. The van der Waals surface area contributed by atoms with E-state index in [4.69, 9.17) is 5.73 Å². The second kappa shape index (κ2) is 6.27. The van der Waals surface area contributed by atoms with Crippen LogP contribution in [0.5, 0.6) is 0 Å². The molecule has 2 N–H and O–H groups in total. The zero-order valence-corrected chi connectivity index (χ0v) is 13.1. The van der Waals surface area contributed by atoms with Crippen LogP contribution >= 0.6 is 15.9 Å². The lowest BCUT2D eigenvalue weighted by molar-refractivity contribution is -0.119. The van der Waals surface area contributed by atoms with Gasteiger partial charge in [0, 0.05) is 13.6 Å². The molecule has 2 aromatic heterocycles. The van der Waals surface area contributed by atoms with Crippen LogP contribution in [-0.2, 0) is 37.8 Å². The average Bonchev–Trinajstić information content (AvgIpc) is 2.98. The highest BCUT2D eigenvalue weighted by Gasteiger charge is 2.16. The van der Waals surface area contributed by atoms with Gasteiger partial charge in [-0.1, -0.05) is 12.1 Å². The maximum Gasteiger partial charge on any atom is 0.160 e. The zero-order chi connectivity index (χ0) is 14.7. The van der Waals surface area contributed by atoms with Crippen LogP contribution in [0.3, 0.4) is 0 Å². The first-order chi connectivity index (χ1) is 9.55. The summed E-state index contributed by atoms with van der Waals surface area (Å²) in [5, 5.41) is 12.1. The van der Waals surface area contributed by atoms with Crippen LogP contribution in [0.4, 0.5) is 0 Å². The molecule has 0 saturated carbocycles. The largest absolute Gasteiger partial charge is 0.325 e. The molecule has 0 unspecified atom stereocenters. The molecule has 0 radical (unpaired) electrons. The molecular weight excluding hydrogens is 324 g/mol. The van der Waals surface area contributed by atoms with Crippen molar-refractivity contribution in [3.8, 4) is 0 Å². The topological polar surface area (TPSA) is 91.6 Å². The van der Waals surface area contributed by atoms with E-state index in [1.807, 2.05) is 14.0 Å². The predicted molar refractivity (Wildman–Crippen MR) is 76.9 cm³/mol. The quantitative estimate of drug-likeness (QED) is 0.831. The number of rotatable bonds is 6. The van der Waals surface area contributed by atoms with E-state index in [1.54, 1.807) is 10.9 Å². The van der Waals surface area contributed by atoms with E-state index in [-0.39, 0.29) is 12.3 Å². The van der Waals surface area contributed by atoms with Gasteiger partial charge in [0.25, 0.3) is 0 Å². The number of hydrogen-bond donors (Lipinski definition) is 1. The van der Waals surface area contributed by atoms with E-state index >= 15 is 0 Å². The summed E-state index contributed by atoms with van der Waals surface area (Å²) in [6, 6.07) is 0. The summed E-state index contributed by atoms with van der Waals surface area (Å²) in [6.07, 6.45) is 2.82. The second-order valence-corrected chi connectivity index (χ2v) is 5.30. The molecule has 0 aromatic carbocycles. The smallest absolute Gasteiger partial charge is 0.160 e. The molecule has 0 saturated heterocycles. The number of Topliss-reactive ketones (excluding diaryl/α,β-unsaturated/α-hetero) is 1. The standard InChI is InChI=1S/C12H17BrN6O/c1-3-10-12(13)11(18(2)16-10)4-9(20)7-19-6-8(5-14)15-17-19/h6H,3-5,7,14H2,1-2H3. The van der Waals surface area contributed by atoms with Crippen LogP contribution in [0, 0.1) is 0 Å². The molecule has 20 heavy (non-hydrogen) atoms. The van der Waals surface area contributed by atoms with E-state index in [1.165, 1.54) is 4.68 Å². The molecule has 0 spiro atoms. The van der Waals surface area contributed by atoms with Gasteiger partial charge in [0.1, 0.15) is 6.54 Å². The lowest BCUT2D eigenvalue weighted by Crippen LogP contribution is -2.15. The van der Waals surface area contributed by atoms with Gasteiger partial charge < -0.3 is 5.73 Å². The van der Waals surface area contributed by atoms with E-state index in [0.717, 1.165) is 22.3 Å². The van der Waals surface area contributed by atoms with Crippen molar-refractivity contribution in [3.05, 3.63) is 27.8 Å². The van der Waals surface area contributed by atoms with Gasteiger partial charge in [-0.2, -0.15) is 5.10 Å². The van der Waals surface area contributed by atoms with Crippen molar-refractivity contribution in [1.29, 1.82) is 0 Å². The summed E-state index contributed by atoms with van der Waals surface area (Å²) >= 11 is 3.50. The van der Waals surface area contributed by atoms with E-state index in [0.29, 0.717) is 18.7 Å². The number of nitrogens with two attached hydrogens (primary N) is 1. The van der Waals surface area contributed by atoms with Gasteiger partial charge in [-0.05, 0) is 22.4 Å². The fourth-order valence-electron chi connectivity index (χ4n) is 1.94. The minimum Gasteiger partial charge on any atom is -0.325 e. The fraction of sp³-hybridized carbons (Fsp3) is 0.500. The van der Waals surface area contributed by atoms with Crippen LogP contribution in [0.25, 0.3) is 0 Å². The van der Waals surface area contributed by atoms with Crippen molar-refractivity contribution in [2.45, 2.75) is 32.9 Å². The van der Waals surface area contributed by atoms with Crippen molar-refractivity contribution >= 4 is 21.7 Å². The Labute approximate surface area is 125 Å². The average molecular weight is 341 g/mol. The van der Waals surface area contributed by atoms with E-state index in [9.17, 15) is 4.79 Å². The number of aromatic nitrogens is 5. The molecule has 8 heteroatoms. The summed E-state index contributed by atoms with van der Waals surface area (Å²) in [6.45, 7) is 2.54. The third-order valence-electron chi connectivity index (χ3n) is 3.00. The zero-order valence-electron chi connectivity index (χ0n) is 11.5. The van der Waals surface area contributed by atoms with Gasteiger partial charge in [0.05, 0.1) is 34.2 Å². The van der Waals surface area contributed by atoms with Gasteiger partial charge in [-0.3, -0.25) is 9.48 Å². The third-order valence-corrected chi connectivity index (χ3v) is 3.92. The molecule has 0 aliphatic heterocycles. The predicted octanol–water partition coefficient (Wildman–Crippen LogP) is 0.607. The Hall–Kier alpha value is -1.54. The molecule has 0 atom stereocenters. The SMILES string of the molecule is CCc1nn(C)c(CC(=O)Cn2cc(CN)nn2)c1Br. The van der Waals surface area contributed by atoms with Crippen molar-refractivity contribution in [2.75, 3.05) is 0 Å². The Morgan fingerprint density at radius 2 is 2.25 bits per heavy atom. The molecular formula is C12H17BrN6O. The lowest BCUT2D eigenvalue weighted by Gasteiger charge is -2.02. The first-order valence-corrected chi connectivity index (χ1v) is 7.15. The lowest BCUT2D eigenvalue weighted by atomic mass is 10.2. The van der Waals surface area contributed by atoms with Gasteiger partial charge in [0.15, 0.2) is 5.78 Å². The minimum absolute atomic E-state index is 0.0461. The van der Waals surface area contributed by atoms with Crippen LogP contribution in [0.2, 0.25) is 0 Å². The molecule has 7 nitrogen and oxygen atoms in total. The van der Waals surface area contributed by atoms with Crippen LogP contribution in [-0.4, -0.2) is 30.6 Å².